The number of hydrogen-bond donors (Lipinski definition) is 2. The lowest BCUT2D eigenvalue weighted by molar-refractivity contribution is 0.0939. The predicted octanol–water partition coefficient (Wildman–Crippen LogP) is 1.88. The molecule has 1 amide bonds. The van der Waals surface area contributed by atoms with Crippen LogP contribution in [0.2, 0.25) is 0 Å². The molecule has 20 heavy (non-hydrogen) atoms. The minimum Gasteiger partial charge on any atom is -0.349 e. The van der Waals surface area contributed by atoms with Crippen molar-refractivity contribution in [2.75, 3.05) is 0 Å². The van der Waals surface area contributed by atoms with Gasteiger partial charge in [-0.25, -0.2) is 4.39 Å². The molecule has 0 bridgehead atoms. The number of hydrogen-bond acceptors (Lipinski definition) is 2. The van der Waals surface area contributed by atoms with Crippen LogP contribution in [0.4, 0.5) is 4.39 Å². The number of halogens is 1. The highest BCUT2D eigenvalue weighted by molar-refractivity contribution is 5.93. The third-order valence-electron chi connectivity index (χ3n) is 2.91. The quantitative estimate of drug-likeness (QED) is 0.894. The molecule has 0 spiro atoms. The maximum absolute atomic E-state index is 13.5. The molecule has 0 aliphatic rings. The highest BCUT2D eigenvalue weighted by Crippen LogP contribution is 2.09. The van der Waals surface area contributed by atoms with E-state index in [0.717, 1.165) is 0 Å². The first-order valence-corrected chi connectivity index (χ1v) is 6.29. The fraction of sp³-hybridized carbons (Fsp3) is 0.200. The van der Waals surface area contributed by atoms with Crippen LogP contribution in [0, 0.1) is 5.82 Å². The molecule has 0 aliphatic carbocycles. The van der Waals surface area contributed by atoms with Crippen LogP contribution in [0.5, 0.6) is 0 Å². The average Bonchev–Trinajstić information content (AvgIpc) is 2.42. The summed E-state index contributed by atoms with van der Waals surface area (Å²) < 4.78 is 13.5. The summed E-state index contributed by atoms with van der Waals surface area (Å²) in [6.07, 6.45) is 1.76. The molecule has 5 heteroatoms. The standard InChI is InChI=1S/C15H15FN2O2/c1-10(8-11-4-2-3-5-13(11)16)18-15(20)12-6-7-14(19)17-9-12/h2-7,9-10H,8H2,1H3,(H,17,19)(H,18,20)/t10-/m0/s1. The molecule has 0 saturated carbocycles. The van der Waals surface area contributed by atoms with Gasteiger partial charge in [0.05, 0.1) is 5.56 Å². The van der Waals surface area contributed by atoms with E-state index >= 15 is 0 Å². The Labute approximate surface area is 115 Å². The van der Waals surface area contributed by atoms with Crippen molar-refractivity contribution in [3.8, 4) is 0 Å². The molecule has 2 rings (SSSR count). The maximum atomic E-state index is 13.5. The van der Waals surface area contributed by atoms with Gasteiger partial charge >= 0.3 is 0 Å². The third kappa shape index (κ3) is 3.54. The van der Waals surface area contributed by atoms with E-state index in [1.54, 1.807) is 25.1 Å². The van der Waals surface area contributed by atoms with Crippen molar-refractivity contribution in [1.82, 2.24) is 10.3 Å². The van der Waals surface area contributed by atoms with Crippen LogP contribution >= 0.6 is 0 Å². The van der Waals surface area contributed by atoms with Gasteiger partial charge in [0, 0.05) is 18.3 Å². The van der Waals surface area contributed by atoms with E-state index < -0.39 is 0 Å². The van der Waals surface area contributed by atoms with Crippen LogP contribution in [-0.4, -0.2) is 16.9 Å². The topological polar surface area (TPSA) is 62.0 Å². The zero-order valence-corrected chi connectivity index (χ0v) is 11.0. The smallest absolute Gasteiger partial charge is 0.252 e. The summed E-state index contributed by atoms with van der Waals surface area (Å²) in [6, 6.07) is 8.99. The molecule has 1 aromatic carbocycles. The molecule has 4 nitrogen and oxygen atoms in total. The third-order valence-corrected chi connectivity index (χ3v) is 2.91. The van der Waals surface area contributed by atoms with Gasteiger partial charge in [-0.15, -0.1) is 0 Å². The number of benzene rings is 1. The van der Waals surface area contributed by atoms with E-state index in [0.29, 0.717) is 17.5 Å². The summed E-state index contributed by atoms with van der Waals surface area (Å²) in [7, 11) is 0. The molecule has 0 saturated heterocycles. The molecular formula is C15H15FN2O2. The van der Waals surface area contributed by atoms with E-state index in [1.165, 1.54) is 24.4 Å². The Balaban J connectivity index is 1.99. The number of rotatable bonds is 4. The van der Waals surface area contributed by atoms with E-state index in [9.17, 15) is 14.0 Å². The average molecular weight is 274 g/mol. The highest BCUT2D eigenvalue weighted by atomic mass is 19.1. The predicted molar refractivity (Wildman–Crippen MR) is 74.1 cm³/mol. The molecule has 0 unspecified atom stereocenters. The van der Waals surface area contributed by atoms with Crippen molar-refractivity contribution < 1.29 is 9.18 Å². The maximum Gasteiger partial charge on any atom is 0.252 e. The van der Waals surface area contributed by atoms with Gasteiger partial charge in [-0.1, -0.05) is 18.2 Å². The highest BCUT2D eigenvalue weighted by Gasteiger charge is 2.12. The van der Waals surface area contributed by atoms with Gasteiger partial charge in [0.2, 0.25) is 5.56 Å². The van der Waals surface area contributed by atoms with Crippen LogP contribution in [0.25, 0.3) is 0 Å². The first-order chi connectivity index (χ1) is 9.56. The molecular weight excluding hydrogens is 259 g/mol. The van der Waals surface area contributed by atoms with Crippen LogP contribution in [0.3, 0.4) is 0 Å². The SMILES string of the molecule is C[C@@H](Cc1ccccc1F)NC(=O)c1ccc(=O)[nH]c1. The first-order valence-electron chi connectivity index (χ1n) is 6.29. The number of amides is 1. The summed E-state index contributed by atoms with van der Waals surface area (Å²) in [5.74, 6) is -0.581. The van der Waals surface area contributed by atoms with E-state index in [-0.39, 0.29) is 23.3 Å². The molecule has 0 aliphatic heterocycles. The summed E-state index contributed by atoms with van der Waals surface area (Å²) in [5.41, 5.74) is 0.660. The van der Waals surface area contributed by atoms with E-state index in [2.05, 4.69) is 10.3 Å². The molecule has 1 atom stereocenters. The number of aromatic nitrogens is 1. The Hall–Kier alpha value is -2.43. The second-order valence-electron chi connectivity index (χ2n) is 4.61. The van der Waals surface area contributed by atoms with Crippen LogP contribution < -0.4 is 10.9 Å². The van der Waals surface area contributed by atoms with Gasteiger partial charge in [-0.05, 0) is 31.0 Å². The lowest BCUT2D eigenvalue weighted by Gasteiger charge is -2.14. The van der Waals surface area contributed by atoms with Crippen molar-refractivity contribution in [3.63, 3.8) is 0 Å². The van der Waals surface area contributed by atoms with Crippen LogP contribution in [-0.2, 0) is 6.42 Å². The second kappa shape index (κ2) is 6.14. The molecule has 0 radical (unpaired) electrons. The van der Waals surface area contributed by atoms with Crippen LogP contribution in [0.15, 0.2) is 47.4 Å². The fourth-order valence-electron chi connectivity index (χ4n) is 1.90. The van der Waals surface area contributed by atoms with Gasteiger partial charge < -0.3 is 10.3 Å². The number of carbonyl (C=O) groups excluding carboxylic acids is 1. The minimum absolute atomic E-state index is 0.216. The number of carbonyl (C=O) groups is 1. The van der Waals surface area contributed by atoms with Gasteiger partial charge in [-0.3, -0.25) is 9.59 Å². The number of nitrogens with one attached hydrogen (secondary N) is 2. The zero-order valence-electron chi connectivity index (χ0n) is 11.0. The van der Waals surface area contributed by atoms with E-state index in [4.69, 9.17) is 0 Å². The Bertz CT molecular complexity index is 646. The molecule has 104 valence electrons. The fourth-order valence-corrected chi connectivity index (χ4v) is 1.90. The van der Waals surface area contributed by atoms with Crippen molar-refractivity contribution >= 4 is 5.91 Å². The molecule has 2 aromatic rings. The lowest BCUT2D eigenvalue weighted by atomic mass is 10.1. The number of H-pyrrole nitrogens is 1. The largest absolute Gasteiger partial charge is 0.349 e. The summed E-state index contributed by atoms with van der Waals surface area (Å²) in [4.78, 5) is 25.3. The van der Waals surface area contributed by atoms with Crippen LogP contribution in [0.1, 0.15) is 22.8 Å². The van der Waals surface area contributed by atoms with Gasteiger partial charge in [0.25, 0.3) is 5.91 Å². The van der Waals surface area contributed by atoms with E-state index in [1.807, 2.05) is 0 Å². The Kier molecular flexibility index (Phi) is 4.30. The number of aromatic amines is 1. The Morgan fingerprint density at radius 2 is 2.05 bits per heavy atom. The Morgan fingerprint density at radius 3 is 2.70 bits per heavy atom. The van der Waals surface area contributed by atoms with Crippen molar-refractivity contribution in [1.29, 1.82) is 0 Å². The molecule has 1 heterocycles. The molecule has 0 fully saturated rings. The van der Waals surface area contributed by atoms with Gasteiger partial charge in [-0.2, -0.15) is 0 Å². The van der Waals surface area contributed by atoms with Gasteiger partial charge in [0.1, 0.15) is 5.82 Å². The first kappa shape index (κ1) is 14.0. The van der Waals surface area contributed by atoms with Gasteiger partial charge in [0.15, 0.2) is 0 Å². The van der Waals surface area contributed by atoms with Crippen molar-refractivity contribution in [2.24, 2.45) is 0 Å². The number of pyridine rings is 1. The van der Waals surface area contributed by atoms with Crippen molar-refractivity contribution in [2.45, 2.75) is 19.4 Å². The molecule has 1 aromatic heterocycles. The summed E-state index contributed by atoms with van der Waals surface area (Å²) in [5, 5.41) is 2.76. The zero-order chi connectivity index (χ0) is 14.5. The lowest BCUT2D eigenvalue weighted by Crippen LogP contribution is -2.34. The summed E-state index contributed by atoms with van der Waals surface area (Å²) in [6.45, 7) is 1.80. The Morgan fingerprint density at radius 1 is 1.30 bits per heavy atom. The summed E-state index contributed by atoms with van der Waals surface area (Å²) >= 11 is 0. The normalized spacial score (nSPS) is 11.9. The minimum atomic E-state index is -0.301. The second-order valence-corrected chi connectivity index (χ2v) is 4.61. The molecule has 2 N–H and O–H groups in total. The van der Waals surface area contributed by atoms with Crippen molar-refractivity contribution in [3.05, 3.63) is 69.9 Å². The monoisotopic (exact) mass is 274 g/mol.